The van der Waals surface area contributed by atoms with Gasteiger partial charge in [0.1, 0.15) is 0 Å². The number of aryl methyl sites for hydroxylation is 2. The fourth-order valence-corrected chi connectivity index (χ4v) is 1.11. The first-order valence-electron chi connectivity index (χ1n) is 2.17. The molecule has 7 heavy (non-hydrogen) atoms. The van der Waals surface area contributed by atoms with Crippen LogP contribution in [-0.4, -0.2) is 4.44 Å². The zero-order valence-corrected chi connectivity index (χ0v) is 5.37. The van der Waals surface area contributed by atoms with Crippen molar-refractivity contribution in [3.05, 3.63) is 11.5 Å². The van der Waals surface area contributed by atoms with Gasteiger partial charge in [-0.25, -0.2) is 0 Å². The molecular weight excluding hydrogens is 107 g/mol. The maximum absolute atomic E-state index is 3.10. The second-order valence-corrected chi connectivity index (χ2v) is 2.65. The Labute approximate surface area is 44.3 Å². The normalized spacial score (nSPS) is 10.6. The first kappa shape index (κ1) is 4.79. The van der Waals surface area contributed by atoms with Gasteiger partial charge in [-0.1, -0.05) is 0 Å². The highest BCUT2D eigenvalue weighted by molar-refractivity contribution is 7.24. The first-order chi connectivity index (χ1) is 3.29. The topological polar surface area (TPSA) is 19.1 Å². The highest BCUT2D eigenvalue weighted by Crippen LogP contribution is 1.97. The Morgan fingerprint density at radius 3 is 2.71 bits per heavy atom. The van der Waals surface area contributed by atoms with Gasteiger partial charge >= 0.3 is 0 Å². The van der Waals surface area contributed by atoms with E-state index in [1.54, 1.807) is 0 Å². The summed E-state index contributed by atoms with van der Waals surface area (Å²) in [5, 5.41) is 3.10. The molecule has 0 saturated heterocycles. The van der Waals surface area contributed by atoms with Gasteiger partial charge in [0.2, 0.25) is 5.69 Å². The Balaban J connectivity index is 3.04. The second-order valence-electron chi connectivity index (χ2n) is 1.56. The van der Waals surface area contributed by atoms with E-state index in [9.17, 15) is 0 Å². The van der Waals surface area contributed by atoms with E-state index in [-0.39, 0.29) is 0 Å². The molecule has 0 amide bonds. The molecule has 0 aromatic carbocycles. The van der Waals surface area contributed by atoms with Gasteiger partial charge in [-0.05, 0) is 0 Å². The highest BCUT2D eigenvalue weighted by atomic mass is 31.0. The van der Waals surface area contributed by atoms with Crippen LogP contribution in [0.25, 0.3) is 0 Å². The van der Waals surface area contributed by atoms with Gasteiger partial charge < -0.3 is 0 Å². The third kappa shape index (κ3) is 1.00. The predicted molar refractivity (Wildman–Crippen MR) is 29.2 cm³/mol. The van der Waals surface area contributed by atoms with E-state index in [1.807, 2.05) is 11.5 Å². The van der Waals surface area contributed by atoms with Crippen molar-refractivity contribution >= 4 is 8.35 Å². The van der Waals surface area contributed by atoms with E-state index < -0.39 is 0 Å². The van der Waals surface area contributed by atoms with Crippen LogP contribution in [0.1, 0.15) is 5.69 Å². The SMILES string of the molecule is Cc1cpn(C)[nH+]1. The Morgan fingerprint density at radius 1 is 1.86 bits per heavy atom. The Hall–Kier alpha value is -0.360. The van der Waals surface area contributed by atoms with Gasteiger partial charge in [0.05, 0.1) is 21.2 Å². The standard InChI is InChI=1S/C4H7N2P/c1-4-3-7-6(2)5-4/h3H,1-2H3/p+1. The van der Waals surface area contributed by atoms with Crippen LogP contribution in [-0.2, 0) is 7.05 Å². The monoisotopic (exact) mass is 115 g/mol. The second kappa shape index (κ2) is 1.63. The molecule has 0 bridgehead atoms. The summed E-state index contributed by atoms with van der Waals surface area (Å²) in [6, 6.07) is 0. The van der Waals surface area contributed by atoms with Crippen molar-refractivity contribution in [3.8, 4) is 0 Å². The summed E-state index contributed by atoms with van der Waals surface area (Å²) in [4.78, 5) is 0. The third-order valence-electron chi connectivity index (χ3n) is 0.763. The average molecular weight is 115 g/mol. The lowest BCUT2D eigenvalue weighted by Gasteiger charge is -1.70. The van der Waals surface area contributed by atoms with E-state index in [0.717, 1.165) is 0 Å². The molecule has 0 aliphatic carbocycles. The van der Waals surface area contributed by atoms with Crippen molar-refractivity contribution in [1.29, 1.82) is 0 Å². The van der Waals surface area contributed by atoms with Crippen molar-refractivity contribution < 1.29 is 5.10 Å². The molecule has 2 nitrogen and oxygen atoms in total. The number of nitrogens with zero attached hydrogens (tertiary/aromatic N) is 1. The number of hydrogen-bond acceptors (Lipinski definition) is 0. The Bertz CT molecular complexity index is 142. The summed E-state index contributed by atoms with van der Waals surface area (Å²) < 4.78 is 2.01. The smallest absolute Gasteiger partial charge is 0.142 e. The van der Waals surface area contributed by atoms with Crippen molar-refractivity contribution in [2.45, 2.75) is 6.92 Å². The molecule has 1 N–H and O–H groups in total. The molecule has 0 unspecified atom stereocenters. The van der Waals surface area contributed by atoms with Gasteiger partial charge in [0, 0.05) is 6.92 Å². The molecule has 0 aliphatic heterocycles. The number of aromatic nitrogens is 2. The number of aromatic amines is 1. The largest absolute Gasteiger partial charge is 0.207 e. The van der Waals surface area contributed by atoms with Crippen LogP contribution in [0.3, 0.4) is 0 Å². The molecule has 0 atom stereocenters. The van der Waals surface area contributed by atoms with Crippen LogP contribution in [0.4, 0.5) is 0 Å². The fraction of sp³-hybridized carbons (Fsp3) is 0.500. The average Bonchev–Trinajstić information content (AvgIpc) is 1.87. The molecule has 0 spiro atoms. The first-order valence-corrected chi connectivity index (χ1v) is 3.08. The van der Waals surface area contributed by atoms with E-state index in [0.29, 0.717) is 0 Å². The van der Waals surface area contributed by atoms with Crippen LogP contribution in [0.2, 0.25) is 0 Å². The molecule has 3 heteroatoms. The third-order valence-corrected chi connectivity index (χ3v) is 1.71. The maximum atomic E-state index is 3.10. The van der Waals surface area contributed by atoms with Crippen molar-refractivity contribution in [2.24, 2.45) is 7.05 Å². The van der Waals surface area contributed by atoms with Gasteiger partial charge in [0.25, 0.3) is 0 Å². The summed E-state index contributed by atoms with van der Waals surface area (Å²) in [6.45, 7) is 2.05. The molecule has 0 fully saturated rings. The summed E-state index contributed by atoms with van der Waals surface area (Å²) in [5.41, 5.74) is 1.24. The minimum atomic E-state index is 1.24. The van der Waals surface area contributed by atoms with Gasteiger partial charge in [-0.15, -0.1) is 9.54 Å². The summed E-state index contributed by atoms with van der Waals surface area (Å²) in [6.07, 6.45) is 0. The van der Waals surface area contributed by atoms with Crippen LogP contribution < -0.4 is 5.10 Å². The zero-order chi connectivity index (χ0) is 5.28. The molecule has 0 saturated carbocycles. The van der Waals surface area contributed by atoms with Crippen LogP contribution in [0.5, 0.6) is 0 Å². The lowest BCUT2D eigenvalue weighted by atomic mass is 10.6. The predicted octanol–water partition coefficient (Wildman–Crippen LogP) is 0.728. The molecule has 1 aromatic rings. The summed E-state index contributed by atoms with van der Waals surface area (Å²) in [5.74, 6) is 2.12. The molecule has 1 aromatic heterocycles. The highest BCUT2D eigenvalue weighted by Gasteiger charge is 1.91. The maximum Gasteiger partial charge on any atom is 0.207 e. The van der Waals surface area contributed by atoms with E-state index in [1.165, 1.54) is 14.0 Å². The fourth-order valence-electron chi connectivity index (χ4n) is 0.486. The number of rotatable bonds is 0. The number of H-pyrrole nitrogens is 1. The molecule has 38 valence electrons. The summed E-state index contributed by atoms with van der Waals surface area (Å²) >= 11 is 0. The van der Waals surface area contributed by atoms with Crippen molar-refractivity contribution in [1.82, 2.24) is 4.44 Å². The minimum absolute atomic E-state index is 1.24. The Morgan fingerprint density at radius 2 is 2.57 bits per heavy atom. The van der Waals surface area contributed by atoms with E-state index in [2.05, 4.69) is 17.8 Å². The zero-order valence-electron chi connectivity index (χ0n) is 4.47. The minimum Gasteiger partial charge on any atom is -0.142 e. The molecule has 0 aliphatic rings. The molecule has 0 radical (unpaired) electrons. The van der Waals surface area contributed by atoms with Crippen LogP contribution in [0.15, 0.2) is 5.80 Å². The quantitative estimate of drug-likeness (QED) is 0.474. The molecular formula is C4H8N2P+. The Kier molecular flexibility index (Phi) is 1.11. The summed E-state index contributed by atoms with van der Waals surface area (Å²) in [7, 11) is 3.25. The molecule has 1 rings (SSSR count). The lowest BCUT2D eigenvalue weighted by Crippen LogP contribution is -2.13. The number of hydrogen-bond donors (Lipinski definition) is 0. The van der Waals surface area contributed by atoms with Crippen LogP contribution >= 0.6 is 8.35 Å². The van der Waals surface area contributed by atoms with E-state index in [4.69, 9.17) is 0 Å². The van der Waals surface area contributed by atoms with E-state index >= 15 is 0 Å². The molecule has 1 heterocycles. The van der Waals surface area contributed by atoms with Gasteiger partial charge in [-0.3, -0.25) is 0 Å². The van der Waals surface area contributed by atoms with Gasteiger partial charge in [0.15, 0.2) is 0 Å². The number of nitrogens with one attached hydrogen (secondary N) is 1. The van der Waals surface area contributed by atoms with Crippen molar-refractivity contribution in [2.75, 3.05) is 0 Å². The lowest BCUT2D eigenvalue weighted by molar-refractivity contribution is -0.484. The van der Waals surface area contributed by atoms with Crippen molar-refractivity contribution in [3.63, 3.8) is 0 Å². The van der Waals surface area contributed by atoms with Crippen LogP contribution in [0, 0.1) is 6.92 Å². The van der Waals surface area contributed by atoms with Gasteiger partial charge in [-0.2, -0.15) is 0 Å².